The first kappa shape index (κ1) is 14.8. The Kier molecular flexibility index (Phi) is 4.25. The molecule has 3 nitrogen and oxygen atoms in total. The summed E-state index contributed by atoms with van der Waals surface area (Å²) in [5.74, 6) is 0.0831. The van der Waals surface area contributed by atoms with E-state index in [-0.39, 0.29) is 11.9 Å². The molecule has 1 amide bonds. The Hall–Kier alpha value is -2.13. The average molecular weight is 294 g/mol. The quantitative estimate of drug-likeness (QED) is 0.888. The Bertz CT molecular complexity index is 679. The minimum atomic E-state index is 0.00603. The van der Waals surface area contributed by atoms with E-state index in [4.69, 9.17) is 5.73 Å². The maximum Gasteiger partial charge on any atom is 0.228 e. The molecule has 1 aliphatic heterocycles. The predicted octanol–water partition coefficient (Wildman–Crippen LogP) is 3.38. The van der Waals surface area contributed by atoms with Gasteiger partial charge in [0.25, 0.3) is 0 Å². The molecular weight excluding hydrogens is 272 g/mol. The molecule has 0 saturated heterocycles. The molecule has 3 heteroatoms. The van der Waals surface area contributed by atoms with Crippen LogP contribution < -0.4 is 11.1 Å². The highest BCUT2D eigenvalue weighted by molar-refractivity contribution is 6.00. The first-order valence-electron chi connectivity index (χ1n) is 7.92. The lowest BCUT2D eigenvalue weighted by Crippen LogP contribution is -2.12. The smallest absolute Gasteiger partial charge is 0.228 e. The standard InChI is InChI=1S/C19H22N2O/c1-2-14-10-15(11-16-12-18(22)21-19(14)16)17(20)9-8-13-6-4-3-5-7-13/h3-7,10-11,17H,2,8-9,12,20H2,1H3,(H,21,22). The molecule has 1 unspecified atom stereocenters. The second-order valence-electron chi connectivity index (χ2n) is 5.92. The summed E-state index contributed by atoms with van der Waals surface area (Å²) in [4.78, 5) is 11.6. The Morgan fingerprint density at radius 2 is 2.00 bits per heavy atom. The normalized spacial score (nSPS) is 14.5. The van der Waals surface area contributed by atoms with E-state index in [1.165, 1.54) is 11.1 Å². The Balaban J connectivity index is 1.77. The van der Waals surface area contributed by atoms with Crippen molar-refractivity contribution in [1.82, 2.24) is 0 Å². The van der Waals surface area contributed by atoms with E-state index in [1.54, 1.807) is 0 Å². The zero-order valence-electron chi connectivity index (χ0n) is 12.9. The lowest BCUT2D eigenvalue weighted by molar-refractivity contribution is -0.115. The fraction of sp³-hybridized carbons (Fsp3) is 0.316. The molecule has 0 aromatic heterocycles. The number of benzene rings is 2. The molecule has 0 saturated carbocycles. The molecular formula is C19H22N2O. The Morgan fingerprint density at radius 3 is 2.73 bits per heavy atom. The van der Waals surface area contributed by atoms with E-state index in [0.717, 1.165) is 36.1 Å². The summed E-state index contributed by atoms with van der Waals surface area (Å²) >= 11 is 0. The van der Waals surface area contributed by atoms with Gasteiger partial charge in [-0.05, 0) is 41.5 Å². The van der Waals surface area contributed by atoms with Gasteiger partial charge >= 0.3 is 0 Å². The van der Waals surface area contributed by atoms with E-state index in [2.05, 4.69) is 48.6 Å². The third kappa shape index (κ3) is 3.04. The molecule has 0 fully saturated rings. The lowest BCUT2D eigenvalue weighted by atomic mass is 9.94. The summed E-state index contributed by atoms with van der Waals surface area (Å²) in [7, 11) is 0. The second kappa shape index (κ2) is 6.32. The third-order valence-electron chi connectivity index (χ3n) is 4.34. The molecule has 0 bridgehead atoms. The van der Waals surface area contributed by atoms with Crippen molar-refractivity contribution in [3.63, 3.8) is 0 Å². The first-order valence-corrected chi connectivity index (χ1v) is 7.92. The average Bonchev–Trinajstić information content (AvgIpc) is 2.92. The molecule has 2 aromatic carbocycles. The van der Waals surface area contributed by atoms with Crippen molar-refractivity contribution in [2.24, 2.45) is 5.73 Å². The SMILES string of the molecule is CCc1cc(C(N)CCc2ccccc2)cc2c1NC(=O)C2. The number of nitrogens with two attached hydrogens (primary N) is 1. The van der Waals surface area contributed by atoms with Crippen LogP contribution in [-0.2, 0) is 24.1 Å². The van der Waals surface area contributed by atoms with Gasteiger partial charge in [-0.1, -0.05) is 49.4 Å². The molecule has 2 aromatic rings. The number of rotatable bonds is 5. The van der Waals surface area contributed by atoms with Crippen molar-refractivity contribution < 1.29 is 4.79 Å². The van der Waals surface area contributed by atoms with Gasteiger partial charge in [-0.25, -0.2) is 0 Å². The Labute approximate surface area is 131 Å². The van der Waals surface area contributed by atoms with Gasteiger partial charge in [0.05, 0.1) is 6.42 Å². The van der Waals surface area contributed by atoms with Gasteiger partial charge in [0, 0.05) is 11.7 Å². The second-order valence-corrected chi connectivity index (χ2v) is 5.92. The van der Waals surface area contributed by atoms with E-state index < -0.39 is 0 Å². The minimum Gasteiger partial charge on any atom is -0.325 e. The molecule has 114 valence electrons. The van der Waals surface area contributed by atoms with Crippen LogP contribution in [0.15, 0.2) is 42.5 Å². The monoisotopic (exact) mass is 294 g/mol. The molecule has 0 spiro atoms. The van der Waals surface area contributed by atoms with Gasteiger partial charge in [0.15, 0.2) is 0 Å². The zero-order chi connectivity index (χ0) is 15.5. The van der Waals surface area contributed by atoms with Crippen LogP contribution in [0, 0.1) is 0 Å². The maximum atomic E-state index is 11.6. The summed E-state index contributed by atoms with van der Waals surface area (Å²) in [6.45, 7) is 2.11. The van der Waals surface area contributed by atoms with Crippen LogP contribution in [0.3, 0.4) is 0 Å². The van der Waals surface area contributed by atoms with Crippen molar-refractivity contribution in [3.05, 3.63) is 64.7 Å². The number of amides is 1. The number of nitrogens with one attached hydrogen (secondary N) is 1. The van der Waals surface area contributed by atoms with Crippen molar-refractivity contribution >= 4 is 11.6 Å². The predicted molar refractivity (Wildman–Crippen MR) is 89.8 cm³/mol. The van der Waals surface area contributed by atoms with Crippen LogP contribution in [0.1, 0.15) is 41.6 Å². The van der Waals surface area contributed by atoms with E-state index in [1.807, 2.05) is 6.07 Å². The Morgan fingerprint density at radius 1 is 1.23 bits per heavy atom. The minimum absolute atomic E-state index is 0.00603. The fourth-order valence-corrected chi connectivity index (χ4v) is 3.08. The number of anilines is 1. The van der Waals surface area contributed by atoms with Gasteiger partial charge in [0.1, 0.15) is 0 Å². The van der Waals surface area contributed by atoms with Crippen LogP contribution in [-0.4, -0.2) is 5.91 Å². The first-order chi connectivity index (χ1) is 10.7. The molecule has 0 aliphatic carbocycles. The summed E-state index contributed by atoms with van der Waals surface area (Å²) < 4.78 is 0. The zero-order valence-corrected chi connectivity index (χ0v) is 12.9. The highest BCUT2D eigenvalue weighted by Gasteiger charge is 2.22. The molecule has 3 rings (SSSR count). The van der Waals surface area contributed by atoms with Crippen LogP contribution in [0.25, 0.3) is 0 Å². The fourth-order valence-electron chi connectivity index (χ4n) is 3.08. The molecule has 3 N–H and O–H groups in total. The number of aryl methyl sites for hydroxylation is 2. The summed E-state index contributed by atoms with van der Waals surface area (Å²) in [5.41, 5.74) is 12.1. The number of carbonyl (C=O) groups excluding carboxylic acids is 1. The topological polar surface area (TPSA) is 55.1 Å². The molecule has 1 atom stereocenters. The summed E-state index contributed by atoms with van der Waals surface area (Å²) in [5, 5.41) is 2.96. The highest BCUT2D eigenvalue weighted by Crippen LogP contribution is 2.31. The summed E-state index contributed by atoms with van der Waals surface area (Å²) in [6, 6.07) is 14.7. The number of fused-ring (bicyclic) bond motifs is 1. The van der Waals surface area contributed by atoms with E-state index in [0.29, 0.717) is 6.42 Å². The van der Waals surface area contributed by atoms with Gasteiger partial charge in [-0.2, -0.15) is 0 Å². The largest absolute Gasteiger partial charge is 0.325 e. The molecule has 22 heavy (non-hydrogen) atoms. The van der Waals surface area contributed by atoms with Crippen molar-refractivity contribution in [2.45, 2.75) is 38.6 Å². The van der Waals surface area contributed by atoms with E-state index in [9.17, 15) is 4.79 Å². The molecule has 1 aliphatic rings. The third-order valence-corrected chi connectivity index (χ3v) is 4.34. The van der Waals surface area contributed by atoms with Crippen molar-refractivity contribution in [1.29, 1.82) is 0 Å². The van der Waals surface area contributed by atoms with Crippen molar-refractivity contribution in [3.8, 4) is 0 Å². The summed E-state index contributed by atoms with van der Waals surface area (Å²) in [6.07, 6.45) is 3.26. The van der Waals surface area contributed by atoms with Crippen LogP contribution in [0.4, 0.5) is 5.69 Å². The highest BCUT2D eigenvalue weighted by atomic mass is 16.1. The van der Waals surface area contributed by atoms with Gasteiger partial charge in [-0.3, -0.25) is 4.79 Å². The van der Waals surface area contributed by atoms with E-state index >= 15 is 0 Å². The lowest BCUT2D eigenvalue weighted by Gasteiger charge is -2.16. The van der Waals surface area contributed by atoms with Gasteiger partial charge in [0.2, 0.25) is 5.91 Å². The van der Waals surface area contributed by atoms with Crippen LogP contribution >= 0.6 is 0 Å². The number of hydrogen-bond acceptors (Lipinski definition) is 2. The van der Waals surface area contributed by atoms with Crippen molar-refractivity contribution in [2.75, 3.05) is 5.32 Å². The van der Waals surface area contributed by atoms with Gasteiger partial charge in [-0.15, -0.1) is 0 Å². The molecule has 0 radical (unpaired) electrons. The van der Waals surface area contributed by atoms with Crippen LogP contribution in [0.2, 0.25) is 0 Å². The van der Waals surface area contributed by atoms with Gasteiger partial charge < -0.3 is 11.1 Å². The molecule has 1 heterocycles. The number of hydrogen-bond donors (Lipinski definition) is 2. The maximum absolute atomic E-state index is 11.6. The number of carbonyl (C=O) groups is 1. The van der Waals surface area contributed by atoms with Crippen LogP contribution in [0.5, 0.6) is 0 Å².